The molecule has 0 aliphatic carbocycles. The molecule has 0 saturated heterocycles. The van der Waals surface area contributed by atoms with Gasteiger partial charge in [0, 0.05) is 11.0 Å². The average molecular weight is 296 g/mol. The van der Waals surface area contributed by atoms with Crippen molar-refractivity contribution >= 4 is 29.1 Å². The Balaban J connectivity index is 2.34. The minimum absolute atomic E-state index is 0.0104. The molecule has 4 nitrogen and oxygen atoms in total. The van der Waals surface area contributed by atoms with Crippen LogP contribution in [0.15, 0.2) is 52.3 Å². The highest BCUT2D eigenvalue weighted by atomic mass is 35.5. The Hall–Kier alpha value is -1.56. The SMILES string of the molecule is O=[N+]([O-])c1cccc(Cl)c1Sc1ccc(CO)cc1. The van der Waals surface area contributed by atoms with Crippen molar-refractivity contribution in [3.05, 3.63) is 63.2 Å². The largest absolute Gasteiger partial charge is 0.392 e. The second-order valence-corrected chi connectivity index (χ2v) is 5.24. The van der Waals surface area contributed by atoms with Gasteiger partial charge in [-0.05, 0) is 23.8 Å². The second kappa shape index (κ2) is 6.06. The van der Waals surface area contributed by atoms with Gasteiger partial charge in [-0.25, -0.2) is 0 Å². The standard InChI is InChI=1S/C13H10ClNO3S/c14-11-2-1-3-12(15(17)18)13(11)19-10-6-4-9(8-16)5-7-10/h1-7,16H,8H2. The highest BCUT2D eigenvalue weighted by Gasteiger charge is 2.17. The fourth-order valence-electron chi connectivity index (χ4n) is 1.52. The number of halogens is 1. The van der Waals surface area contributed by atoms with E-state index in [1.54, 1.807) is 36.4 Å². The molecule has 0 bridgehead atoms. The monoisotopic (exact) mass is 295 g/mol. The Kier molecular flexibility index (Phi) is 4.42. The van der Waals surface area contributed by atoms with E-state index in [0.717, 1.165) is 10.5 Å². The predicted octanol–water partition coefficient (Wildman–Crippen LogP) is 3.89. The topological polar surface area (TPSA) is 63.4 Å². The third-order valence-corrected chi connectivity index (χ3v) is 4.04. The van der Waals surface area contributed by atoms with E-state index in [1.807, 2.05) is 0 Å². The van der Waals surface area contributed by atoms with Gasteiger partial charge in [0.15, 0.2) is 0 Å². The third-order valence-electron chi connectivity index (χ3n) is 2.47. The minimum atomic E-state index is -0.448. The van der Waals surface area contributed by atoms with Crippen molar-refractivity contribution in [3.8, 4) is 0 Å². The van der Waals surface area contributed by atoms with Crippen LogP contribution in [-0.2, 0) is 6.61 Å². The van der Waals surface area contributed by atoms with Crippen molar-refractivity contribution in [2.45, 2.75) is 16.4 Å². The number of nitrogens with zero attached hydrogens (tertiary/aromatic N) is 1. The van der Waals surface area contributed by atoms with Crippen molar-refractivity contribution in [3.63, 3.8) is 0 Å². The molecule has 98 valence electrons. The number of aliphatic hydroxyl groups excluding tert-OH is 1. The molecular weight excluding hydrogens is 286 g/mol. The Morgan fingerprint density at radius 3 is 2.47 bits per heavy atom. The fraction of sp³-hybridized carbons (Fsp3) is 0.0769. The molecule has 2 aromatic carbocycles. The highest BCUT2D eigenvalue weighted by molar-refractivity contribution is 7.99. The molecule has 2 rings (SSSR count). The van der Waals surface area contributed by atoms with Gasteiger partial charge in [-0.15, -0.1) is 0 Å². The van der Waals surface area contributed by atoms with Gasteiger partial charge in [0.1, 0.15) is 4.90 Å². The number of nitro benzene ring substituents is 1. The highest BCUT2D eigenvalue weighted by Crippen LogP contribution is 2.39. The lowest BCUT2D eigenvalue weighted by molar-refractivity contribution is -0.387. The number of hydrogen-bond donors (Lipinski definition) is 1. The summed E-state index contributed by atoms with van der Waals surface area (Å²) in [5.41, 5.74) is 0.779. The molecule has 6 heteroatoms. The van der Waals surface area contributed by atoms with Crippen LogP contribution >= 0.6 is 23.4 Å². The Bertz CT molecular complexity index is 601. The van der Waals surface area contributed by atoms with Crippen LogP contribution in [0.3, 0.4) is 0 Å². The predicted molar refractivity (Wildman–Crippen MR) is 74.6 cm³/mol. The first kappa shape index (κ1) is 13.9. The normalized spacial score (nSPS) is 10.4. The maximum atomic E-state index is 11.0. The molecule has 0 aliphatic rings. The van der Waals surface area contributed by atoms with E-state index < -0.39 is 4.92 Å². The zero-order chi connectivity index (χ0) is 13.8. The summed E-state index contributed by atoms with van der Waals surface area (Å²) in [4.78, 5) is 11.8. The number of hydrogen-bond acceptors (Lipinski definition) is 4. The van der Waals surface area contributed by atoms with Gasteiger partial charge in [-0.1, -0.05) is 41.6 Å². The van der Waals surface area contributed by atoms with Crippen LogP contribution in [0.5, 0.6) is 0 Å². The molecule has 2 aromatic rings. The summed E-state index contributed by atoms with van der Waals surface area (Å²) in [6, 6.07) is 11.7. The molecule has 0 unspecified atom stereocenters. The van der Waals surface area contributed by atoms with Gasteiger partial charge < -0.3 is 5.11 Å². The van der Waals surface area contributed by atoms with Gasteiger partial charge in [0.2, 0.25) is 0 Å². The van der Waals surface area contributed by atoms with Crippen LogP contribution in [0.2, 0.25) is 5.02 Å². The van der Waals surface area contributed by atoms with Crippen molar-refractivity contribution in [1.82, 2.24) is 0 Å². The van der Waals surface area contributed by atoms with E-state index in [0.29, 0.717) is 9.92 Å². The summed E-state index contributed by atoms with van der Waals surface area (Å²) in [7, 11) is 0. The van der Waals surface area contributed by atoms with E-state index in [9.17, 15) is 10.1 Å². The molecule has 0 aromatic heterocycles. The number of nitro groups is 1. The van der Waals surface area contributed by atoms with Gasteiger partial charge in [-0.2, -0.15) is 0 Å². The van der Waals surface area contributed by atoms with Gasteiger partial charge >= 0.3 is 0 Å². The Morgan fingerprint density at radius 1 is 1.21 bits per heavy atom. The molecule has 1 N–H and O–H groups in total. The Labute approximate surface area is 119 Å². The molecule has 0 fully saturated rings. The maximum Gasteiger partial charge on any atom is 0.284 e. The maximum absolute atomic E-state index is 11.0. The van der Waals surface area contributed by atoms with Gasteiger partial charge in [0.25, 0.3) is 5.69 Å². The summed E-state index contributed by atoms with van der Waals surface area (Å²) in [6.07, 6.45) is 0. The quantitative estimate of drug-likeness (QED) is 0.686. The first-order valence-corrected chi connectivity index (χ1v) is 6.62. The van der Waals surface area contributed by atoms with Gasteiger partial charge in [0.05, 0.1) is 16.6 Å². The smallest absolute Gasteiger partial charge is 0.284 e. The van der Waals surface area contributed by atoms with Crippen LogP contribution in [-0.4, -0.2) is 10.0 Å². The molecule has 0 saturated carbocycles. The van der Waals surface area contributed by atoms with Crippen LogP contribution in [0.1, 0.15) is 5.56 Å². The summed E-state index contributed by atoms with van der Waals surface area (Å²) in [5, 5.41) is 20.3. The minimum Gasteiger partial charge on any atom is -0.392 e. The third kappa shape index (κ3) is 3.26. The van der Waals surface area contributed by atoms with Crippen LogP contribution in [0.25, 0.3) is 0 Å². The number of rotatable bonds is 4. The number of benzene rings is 2. The molecule has 0 radical (unpaired) electrons. The zero-order valence-electron chi connectivity index (χ0n) is 9.75. The molecule has 0 spiro atoms. The summed E-state index contributed by atoms with van der Waals surface area (Å²) in [6.45, 7) is -0.0306. The van der Waals surface area contributed by atoms with Crippen LogP contribution in [0, 0.1) is 10.1 Å². The molecule has 0 amide bonds. The van der Waals surface area contributed by atoms with Gasteiger partial charge in [-0.3, -0.25) is 10.1 Å². The van der Waals surface area contributed by atoms with Crippen LogP contribution in [0.4, 0.5) is 5.69 Å². The van der Waals surface area contributed by atoms with Crippen molar-refractivity contribution in [1.29, 1.82) is 0 Å². The van der Waals surface area contributed by atoms with E-state index in [2.05, 4.69) is 0 Å². The van der Waals surface area contributed by atoms with E-state index in [4.69, 9.17) is 16.7 Å². The van der Waals surface area contributed by atoms with E-state index in [1.165, 1.54) is 17.8 Å². The van der Waals surface area contributed by atoms with Crippen molar-refractivity contribution in [2.24, 2.45) is 0 Å². The van der Waals surface area contributed by atoms with E-state index >= 15 is 0 Å². The lowest BCUT2D eigenvalue weighted by Crippen LogP contribution is -1.91. The lowest BCUT2D eigenvalue weighted by atomic mass is 10.2. The zero-order valence-corrected chi connectivity index (χ0v) is 11.3. The fourth-order valence-corrected chi connectivity index (χ4v) is 2.73. The summed E-state index contributed by atoms with van der Waals surface area (Å²) >= 11 is 7.25. The van der Waals surface area contributed by atoms with E-state index in [-0.39, 0.29) is 12.3 Å². The summed E-state index contributed by atoms with van der Waals surface area (Å²) in [5.74, 6) is 0. The lowest BCUT2D eigenvalue weighted by Gasteiger charge is -2.05. The van der Waals surface area contributed by atoms with Crippen molar-refractivity contribution in [2.75, 3.05) is 0 Å². The molecule has 0 atom stereocenters. The summed E-state index contributed by atoms with van der Waals surface area (Å²) < 4.78 is 0. The second-order valence-electron chi connectivity index (χ2n) is 3.75. The van der Waals surface area contributed by atoms with Crippen molar-refractivity contribution < 1.29 is 10.0 Å². The molecule has 0 aliphatic heterocycles. The molecular formula is C13H10ClNO3S. The molecule has 19 heavy (non-hydrogen) atoms. The number of aliphatic hydroxyl groups is 1. The molecule has 0 heterocycles. The van der Waals surface area contributed by atoms with Crippen LogP contribution < -0.4 is 0 Å². The Morgan fingerprint density at radius 2 is 1.89 bits per heavy atom. The average Bonchev–Trinajstić information content (AvgIpc) is 2.41. The first-order chi connectivity index (χ1) is 9.11. The first-order valence-electron chi connectivity index (χ1n) is 5.42.